The third-order valence-electron chi connectivity index (χ3n) is 2.51. The first-order valence-electron chi connectivity index (χ1n) is 6.26. The molecule has 0 aliphatic heterocycles. The molecule has 0 saturated carbocycles. The average molecular weight is 251 g/mol. The summed E-state index contributed by atoms with van der Waals surface area (Å²) in [5.41, 5.74) is 1.11. The quantitative estimate of drug-likeness (QED) is 0.568. The van der Waals surface area contributed by atoms with Crippen molar-refractivity contribution in [3.63, 3.8) is 0 Å². The van der Waals surface area contributed by atoms with Gasteiger partial charge in [0.1, 0.15) is 5.75 Å². The minimum atomic E-state index is -0.253. The Morgan fingerprint density at radius 3 is 2.83 bits per heavy atom. The summed E-state index contributed by atoms with van der Waals surface area (Å²) in [6.45, 7) is 4.24. The van der Waals surface area contributed by atoms with E-state index in [0.717, 1.165) is 30.8 Å². The van der Waals surface area contributed by atoms with Crippen LogP contribution in [0.25, 0.3) is 0 Å². The van der Waals surface area contributed by atoms with Crippen molar-refractivity contribution in [2.75, 3.05) is 20.3 Å². The second-order valence-corrected chi connectivity index (χ2v) is 3.96. The van der Waals surface area contributed by atoms with Crippen molar-refractivity contribution in [1.82, 2.24) is 5.32 Å². The SMILES string of the molecule is CCCNCc1ccccc1OCCC(=O)OC. The normalized spacial score (nSPS) is 10.1. The number of benzene rings is 1. The Bertz CT molecular complexity index is 366. The number of nitrogens with one attached hydrogen (secondary N) is 1. The van der Waals surface area contributed by atoms with E-state index >= 15 is 0 Å². The van der Waals surface area contributed by atoms with Gasteiger partial charge in [-0.2, -0.15) is 0 Å². The molecule has 0 heterocycles. The topological polar surface area (TPSA) is 47.6 Å². The fraction of sp³-hybridized carbons (Fsp3) is 0.500. The lowest BCUT2D eigenvalue weighted by atomic mass is 10.2. The Morgan fingerprint density at radius 2 is 2.11 bits per heavy atom. The van der Waals surface area contributed by atoms with Gasteiger partial charge in [0, 0.05) is 12.1 Å². The van der Waals surface area contributed by atoms with E-state index in [0.29, 0.717) is 6.61 Å². The van der Waals surface area contributed by atoms with Crippen LogP contribution in [-0.2, 0) is 16.1 Å². The molecule has 0 bridgehead atoms. The molecule has 1 aromatic carbocycles. The molecule has 0 spiro atoms. The number of carbonyl (C=O) groups excluding carboxylic acids is 1. The summed E-state index contributed by atoms with van der Waals surface area (Å²) in [5.74, 6) is 0.571. The molecule has 0 fully saturated rings. The lowest BCUT2D eigenvalue weighted by Gasteiger charge is -2.11. The molecule has 0 aromatic heterocycles. The molecule has 0 atom stereocenters. The van der Waals surface area contributed by atoms with E-state index in [2.05, 4.69) is 17.0 Å². The standard InChI is InChI=1S/C14H21NO3/c1-3-9-15-11-12-6-4-5-7-13(12)18-10-8-14(16)17-2/h4-7,15H,3,8-11H2,1-2H3. The van der Waals surface area contributed by atoms with Crippen molar-refractivity contribution < 1.29 is 14.3 Å². The van der Waals surface area contributed by atoms with Crippen LogP contribution in [0.2, 0.25) is 0 Å². The molecule has 1 rings (SSSR count). The first-order valence-corrected chi connectivity index (χ1v) is 6.26. The first kappa shape index (κ1) is 14.5. The van der Waals surface area contributed by atoms with Gasteiger partial charge in [-0.1, -0.05) is 25.1 Å². The van der Waals surface area contributed by atoms with Gasteiger partial charge in [0.15, 0.2) is 0 Å². The lowest BCUT2D eigenvalue weighted by Crippen LogP contribution is -2.15. The molecular formula is C14H21NO3. The fourth-order valence-corrected chi connectivity index (χ4v) is 1.54. The molecule has 0 saturated heterocycles. The molecule has 0 aliphatic carbocycles. The third kappa shape index (κ3) is 5.19. The summed E-state index contributed by atoms with van der Waals surface area (Å²) in [5, 5.41) is 3.33. The predicted octanol–water partition coefficient (Wildman–Crippen LogP) is 2.13. The van der Waals surface area contributed by atoms with Crippen molar-refractivity contribution in [1.29, 1.82) is 0 Å². The molecule has 4 heteroatoms. The highest BCUT2D eigenvalue weighted by Crippen LogP contribution is 2.17. The molecule has 0 aliphatic rings. The van der Waals surface area contributed by atoms with Crippen LogP contribution >= 0.6 is 0 Å². The minimum Gasteiger partial charge on any atom is -0.493 e. The Kier molecular flexibility index (Phi) is 6.87. The maximum atomic E-state index is 11.0. The third-order valence-corrected chi connectivity index (χ3v) is 2.51. The molecule has 0 unspecified atom stereocenters. The second kappa shape index (κ2) is 8.53. The highest BCUT2D eigenvalue weighted by molar-refractivity contribution is 5.69. The van der Waals surface area contributed by atoms with Gasteiger partial charge in [-0.05, 0) is 19.0 Å². The average Bonchev–Trinajstić information content (AvgIpc) is 2.40. The zero-order chi connectivity index (χ0) is 13.2. The molecular weight excluding hydrogens is 230 g/mol. The number of methoxy groups -OCH3 is 1. The molecule has 100 valence electrons. The van der Waals surface area contributed by atoms with E-state index in [-0.39, 0.29) is 12.4 Å². The van der Waals surface area contributed by atoms with E-state index in [9.17, 15) is 4.79 Å². The fourth-order valence-electron chi connectivity index (χ4n) is 1.54. The van der Waals surface area contributed by atoms with Crippen LogP contribution in [0.15, 0.2) is 24.3 Å². The zero-order valence-corrected chi connectivity index (χ0v) is 11.1. The second-order valence-electron chi connectivity index (χ2n) is 3.96. The van der Waals surface area contributed by atoms with Crippen molar-refractivity contribution in [2.24, 2.45) is 0 Å². The van der Waals surface area contributed by atoms with Crippen LogP contribution in [0.1, 0.15) is 25.3 Å². The Morgan fingerprint density at radius 1 is 1.33 bits per heavy atom. The molecule has 4 nitrogen and oxygen atoms in total. The summed E-state index contributed by atoms with van der Waals surface area (Å²) in [4.78, 5) is 11.0. The Balaban J connectivity index is 2.45. The van der Waals surface area contributed by atoms with Crippen LogP contribution in [0.5, 0.6) is 5.75 Å². The van der Waals surface area contributed by atoms with E-state index in [1.54, 1.807) is 0 Å². The van der Waals surface area contributed by atoms with Gasteiger partial charge in [-0.25, -0.2) is 0 Å². The van der Waals surface area contributed by atoms with Gasteiger partial charge in [0.05, 0.1) is 20.1 Å². The van der Waals surface area contributed by atoms with E-state index < -0.39 is 0 Å². The van der Waals surface area contributed by atoms with Crippen LogP contribution in [0.3, 0.4) is 0 Å². The number of ether oxygens (including phenoxy) is 2. The predicted molar refractivity (Wildman–Crippen MR) is 70.6 cm³/mol. The summed E-state index contributed by atoms with van der Waals surface area (Å²) in [6.07, 6.45) is 1.37. The monoisotopic (exact) mass is 251 g/mol. The van der Waals surface area contributed by atoms with Crippen LogP contribution in [-0.4, -0.2) is 26.2 Å². The number of esters is 1. The van der Waals surface area contributed by atoms with Gasteiger partial charge in [0.25, 0.3) is 0 Å². The van der Waals surface area contributed by atoms with E-state index in [1.165, 1.54) is 7.11 Å². The molecule has 0 amide bonds. The van der Waals surface area contributed by atoms with Crippen molar-refractivity contribution in [2.45, 2.75) is 26.3 Å². The maximum Gasteiger partial charge on any atom is 0.308 e. The highest BCUT2D eigenvalue weighted by Gasteiger charge is 2.04. The Labute approximate surface area is 108 Å². The lowest BCUT2D eigenvalue weighted by molar-refractivity contribution is -0.141. The van der Waals surface area contributed by atoms with E-state index in [1.807, 2.05) is 24.3 Å². The zero-order valence-electron chi connectivity index (χ0n) is 11.1. The van der Waals surface area contributed by atoms with Gasteiger partial charge >= 0.3 is 5.97 Å². The van der Waals surface area contributed by atoms with Crippen LogP contribution in [0, 0.1) is 0 Å². The summed E-state index contributed by atoms with van der Waals surface area (Å²) < 4.78 is 10.2. The number of hydrogen-bond acceptors (Lipinski definition) is 4. The van der Waals surface area contributed by atoms with Crippen LogP contribution < -0.4 is 10.1 Å². The summed E-state index contributed by atoms with van der Waals surface area (Å²) in [6, 6.07) is 7.85. The largest absolute Gasteiger partial charge is 0.493 e. The number of para-hydroxylation sites is 1. The molecule has 0 radical (unpaired) electrons. The van der Waals surface area contributed by atoms with Crippen molar-refractivity contribution in [3.05, 3.63) is 29.8 Å². The molecule has 1 N–H and O–H groups in total. The summed E-state index contributed by atoms with van der Waals surface area (Å²) in [7, 11) is 1.38. The van der Waals surface area contributed by atoms with Gasteiger partial charge in [0.2, 0.25) is 0 Å². The molecule has 1 aromatic rings. The van der Waals surface area contributed by atoms with E-state index in [4.69, 9.17) is 4.74 Å². The van der Waals surface area contributed by atoms with Crippen molar-refractivity contribution in [3.8, 4) is 5.75 Å². The number of carbonyl (C=O) groups is 1. The first-order chi connectivity index (χ1) is 8.77. The number of rotatable bonds is 8. The van der Waals surface area contributed by atoms with Gasteiger partial charge < -0.3 is 14.8 Å². The highest BCUT2D eigenvalue weighted by atomic mass is 16.5. The van der Waals surface area contributed by atoms with Gasteiger partial charge in [-0.15, -0.1) is 0 Å². The number of hydrogen-bond donors (Lipinski definition) is 1. The minimum absolute atomic E-state index is 0.253. The summed E-state index contributed by atoms with van der Waals surface area (Å²) >= 11 is 0. The molecule has 18 heavy (non-hydrogen) atoms. The Hall–Kier alpha value is -1.55. The smallest absolute Gasteiger partial charge is 0.308 e. The van der Waals surface area contributed by atoms with Crippen LogP contribution in [0.4, 0.5) is 0 Å². The van der Waals surface area contributed by atoms with Crippen molar-refractivity contribution >= 4 is 5.97 Å². The maximum absolute atomic E-state index is 11.0. The van der Waals surface area contributed by atoms with Gasteiger partial charge in [-0.3, -0.25) is 4.79 Å².